The Kier molecular flexibility index (Phi) is 4.37. The highest BCUT2D eigenvalue weighted by Gasteiger charge is 2.26. The molecule has 0 saturated heterocycles. The van der Waals surface area contributed by atoms with Crippen molar-refractivity contribution in [1.82, 2.24) is 4.98 Å². The molecule has 1 atom stereocenters. The lowest BCUT2D eigenvalue weighted by Gasteiger charge is -2.25. The van der Waals surface area contributed by atoms with Crippen molar-refractivity contribution in [3.8, 4) is 0 Å². The molecule has 0 fully saturated rings. The fourth-order valence-electron chi connectivity index (χ4n) is 3.50. The summed E-state index contributed by atoms with van der Waals surface area (Å²) in [5.74, 6) is 0. The van der Waals surface area contributed by atoms with Crippen LogP contribution in [0.25, 0.3) is 0 Å². The number of thiazole rings is 1. The molecule has 0 radical (unpaired) electrons. The number of nitrogens with one attached hydrogen (secondary N) is 1. The Morgan fingerprint density at radius 1 is 1.27 bits per heavy atom. The van der Waals surface area contributed by atoms with Crippen LogP contribution in [0.2, 0.25) is 0 Å². The van der Waals surface area contributed by atoms with Crippen molar-refractivity contribution in [2.75, 3.05) is 5.32 Å². The van der Waals surface area contributed by atoms with Gasteiger partial charge in [-0.25, -0.2) is 14.0 Å². The van der Waals surface area contributed by atoms with E-state index in [2.05, 4.69) is 20.7 Å². The van der Waals surface area contributed by atoms with E-state index in [1.165, 1.54) is 28.5 Å². The van der Waals surface area contributed by atoms with E-state index in [0.29, 0.717) is 9.22 Å². The minimum absolute atomic E-state index is 0.388. The molecule has 0 bridgehead atoms. The van der Waals surface area contributed by atoms with Crippen molar-refractivity contribution in [2.24, 2.45) is 4.36 Å². The van der Waals surface area contributed by atoms with Crippen molar-refractivity contribution in [3.63, 3.8) is 0 Å². The quantitative estimate of drug-likeness (QED) is 0.701. The summed E-state index contributed by atoms with van der Waals surface area (Å²) < 4.78 is 16.6. The second kappa shape index (κ2) is 6.44. The first-order valence-electron chi connectivity index (χ1n) is 8.68. The number of amides is 2. The van der Waals surface area contributed by atoms with Gasteiger partial charge in [-0.2, -0.15) is 0 Å². The average molecular weight is 392 g/mol. The highest BCUT2D eigenvalue weighted by molar-refractivity contribution is 7.78. The molecular weight excluding hydrogens is 370 g/mol. The number of aliphatic hydroxyl groups is 1. The van der Waals surface area contributed by atoms with Gasteiger partial charge in [0.05, 0.1) is 16.8 Å². The van der Waals surface area contributed by atoms with Gasteiger partial charge in [0.1, 0.15) is 14.8 Å². The molecule has 8 heteroatoms. The van der Waals surface area contributed by atoms with Gasteiger partial charge < -0.3 is 10.4 Å². The molecule has 2 N–H and O–H groups in total. The summed E-state index contributed by atoms with van der Waals surface area (Å²) in [6, 6.07) is 1.68. The minimum Gasteiger partial charge on any atom is -0.383 e. The molecule has 1 heterocycles. The van der Waals surface area contributed by atoms with E-state index >= 15 is 0 Å². The zero-order valence-electron chi connectivity index (χ0n) is 14.7. The van der Waals surface area contributed by atoms with Crippen LogP contribution in [0.5, 0.6) is 0 Å². The van der Waals surface area contributed by atoms with Crippen LogP contribution in [0, 0.1) is 0 Å². The maximum Gasteiger partial charge on any atom is 0.353 e. The molecule has 1 aromatic heterocycles. The highest BCUT2D eigenvalue weighted by atomic mass is 32.2. The lowest BCUT2D eigenvalue weighted by Crippen LogP contribution is -2.18. The molecule has 2 aliphatic rings. The lowest BCUT2D eigenvalue weighted by atomic mass is 9.83. The topological polar surface area (TPSA) is 91.7 Å². The molecule has 0 saturated carbocycles. The number of urea groups is 1. The van der Waals surface area contributed by atoms with Gasteiger partial charge in [-0.3, -0.25) is 0 Å². The molecule has 1 aromatic carbocycles. The van der Waals surface area contributed by atoms with Gasteiger partial charge in [0.25, 0.3) is 0 Å². The Hall–Kier alpha value is -1.77. The van der Waals surface area contributed by atoms with Crippen LogP contribution in [-0.4, -0.2) is 20.3 Å². The van der Waals surface area contributed by atoms with Crippen LogP contribution in [0.4, 0.5) is 10.5 Å². The van der Waals surface area contributed by atoms with Crippen molar-refractivity contribution in [3.05, 3.63) is 39.5 Å². The van der Waals surface area contributed by atoms with Gasteiger partial charge in [0.2, 0.25) is 0 Å². The second-order valence-corrected chi connectivity index (χ2v) is 9.81. The third-order valence-corrected chi connectivity index (χ3v) is 7.57. The Labute approximate surface area is 157 Å². The van der Waals surface area contributed by atoms with Crippen LogP contribution in [-0.2, 0) is 41.9 Å². The van der Waals surface area contributed by atoms with Gasteiger partial charge in [0, 0.05) is 5.69 Å². The predicted octanol–water partition coefficient (Wildman–Crippen LogP) is 3.21. The maximum absolute atomic E-state index is 12.4. The van der Waals surface area contributed by atoms with Gasteiger partial charge in [-0.15, -0.1) is 15.7 Å². The summed E-state index contributed by atoms with van der Waals surface area (Å²) in [7, 11) is -2.23. The number of carbonyl (C=O) groups is 1. The Morgan fingerprint density at radius 2 is 2.00 bits per heavy atom. The zero-order chi connectivity index (χ0) is 18.5. The third kappa shape index (κ3) is 3.17. The number of hydrogen-bond donors (Lipinski definition) is 3. The van der Waals surface area contributed by atoms with Crippen LogP contribution in [0.3, 0.4) is 0 Å². The number of fused-ring (bicyclic) bond motifs is 2. The van der Waals surface area contributed by atoms with Crippen LogP contribution in [0.15, 0.2) is 20.8 Å². The van der Waals surface area contributed by atoms with Gasteiger partial charge >= 0.3 is 6.03 Å². The largest absolute Gasteiger partial charge is 0.383 e. The third-order valence-electron chi connectivity index (χ3n) is 4.86. The second-order valence-electron chi connectivity index (χ2n) is 7.25. The normalized spacial score (nSPS) is 16.7. The number of anilines is 1. The average Bonchev–Trinajstić information content (AvgIpc) is 3.18. The first-order chi connectivity index (χ1) is 12.3. The summed E-state index contributed by atoms with van der Waals surface area (Å²) in [5, 5.41) is 13.3. The van der Waals surface area contributed by atoms with E-state index < -0.39 is 22.2 Å². The fourth-order valence-corrected chi connectivity index (χ4v) is 5.32. The molecule has 138 valence electrons. The first kappa shape index (κ1) is 17.6. The molecule has 4 rings (SSSR count). The number of aromatic nitrogens is 1. The number of carbonyl (C=O) groups excluding carboxylic acids is 1. The Balaban J connectivity index is 1.57. The molecule has 0 aliphatic heterocycles. The smallest absolute Gasteiger partial charge is 0.353 e. The minimum atomic E-state index is -2.23. The fraction of sp³-hybridized carbons (Fsp3) is 0.444. The predicted molar refractivity (Wildman–Crippen MR) is 102 cm³/mol. The van der Waals surface area contributed by atoms with Crippen LogP contribution < -0.4 is 5.32 Å². The molecule has 2 amide bonds. The molecule has 26 heavy (non-hydrogen) atoms. The number of hydrogen-bond acceptors (Lipinski definition) is 5. The van der Waals surface area contributed by atoms with E-state index in [9.17, 15) is 14.1 Å². The van der Waals surface area contributed by atoms with Crippen molar-refractivity contribution in [2.45, 2.75) is 55.8 Å². The summed E-state index contributed by atoms with van der Waals surface area (Å²) in [6.07, 6.45) is 6.56. The van der Waals surface area contributed by atoms with E-state index in [1.54, 1.807) is 13.8 Å². The van der Waals surface area contributed by atoms with Crippen LogP contribution >= 0.6 is 11.3 Å². The van der Waals surface area contributed by atoms with Crippen molar-refractivity contribution in [1.29, 1.82) is 0 Å². The molecule has 6 nitrogen and oxygen atoms in total. The Morgan fingerprint density at radius 3 is 2.65 bits per heavy atom. The summed E-state index contributed by atoms with van der Waals surface area (Å²) in [6.45, 7) is 3.22. The number of benzene rings is 1. The summed E-state index contributed by atoms with van der Waals surface area (Å²) in [5.41, 5.74) is 4.83. The monoisotopic (exact) mass is 391 g/mol. The van der Waals surface area contributed by atoms with E-state index in [1.807, 2.05) is 0 Å². The number of nitrogens with zero attached hydrogens (tertiary/aromatic N) is 2. The molecule has 0 spiro atoms. The summed E-state index contributed by atoms with van der Waals surface area (Å²) in [4.78, 5) is 16.4. The Bertz CT molecular complexity index is 982. The molecular formula is C18H21N3O3S2. The maximum atomic E-state index is 12.4. The van der Waals surface area contributed by atoms with E-state index in [4.69, 9.17) is 0 Å². The first-order valence-corrected chi connectivity index (χ1v) is 10.7. The lowest BCUT2D eigenvalue weighted by molar-refractivity contribution is 0.0783. The number of thiol groups is 1. The summed E-state index contributed by atoms with van der Waals surface area (Å²) >= 11 is 1.11. The highest BCUT2D eigenvalue weighted by Crippen LogP contribution is 2.39. The van der Waals surface area contributed by atoms with E-state index in [-0.39, 0.29) is 0 Å². The number of rotatable bonds is 3. The number of aryl methyl sites for hydroxylation is 2. The van der Waals surface area contributed by atoms with Gasteiger partial charge in [-0.05, 0) is 68.2 Å². The van der Waals surface area contributed by atoms with Crippen LogP contribution in [0.1, 0.15) is 47.5 Å². The van der Waals surface area contributed by atoms with E-state index in [0.717, 1.165) is 49.1 Å². The standard InChI is InChI=1S/C18H21N3O3S2/c1-18(2,23)16-19-9-14(25-16)26(24)21-17(22)20-15-12-5-3-4-10(12)8-11-6-7-13(11)15/h8-9,23,26H,3-7H2,1-2H3,(H,20,22). The zero-order valence-corrected chi connectivity index (χ0v) is 16.4. The van der Waals surface area contributed by atoms with Crippen molar-refractivity contribution >= 4 is 33.7 Å². The molecule has 2 aromatic rings. The molecule has 1 unspecified atom stereocenters. The SMILES string of the molecule is CC(C)(O)c1ncc(/[SH](=O)=N\C(=O)Nc2c3c(cc4c2CC4)CCC3)s1. The molecule has 2 aliphatic carbocycles. The van der Waals surface area contributed by atoms with Crippen molar-refractivity contribution < 1.29 is 14.1 Å². The van der Waals surface area contributed by atoms with Gasteiger partial charge in [0.15, 0.2) is 0 Å². The van der Waals surface area contributed by atoms with Gasteiger partial charge in [-0.1, -0.05) is 6.07 Å².